The lowest BCUT2D eigenvalue weighted by Gasteiger charge is -2.30. The summed E-state index contributed by atoms with van der Waals surface area (Å²) in [4.78, 5) is 18.6. The fourth-order valence-electron chi connectivity index (χ4n) is 3.93. The quantitative estimate of drug-likeness (QED) is 0.655. The number of carbonyl (C=O) groups is 1. The van der Waals surface area contributed by atoms with Crippen LogP contribution in [0.1, 0.15) is 22.0 Å². The number of ether oxygens (including phenoxy) is 1. The van der Waals surface area contributed by atoms with Crippen molar-refractivity contribution in [2.75, 3.05) is 12.9 Å². The van der Waals surface area contributed by atoms with Crippen LogP contribution < -0.4 is 4.74 Å². The standard InChI is InChI=1S/C20H16N2O2S/c1-25-12-6-7-15-18(8-12)24-10-16(20(15)23)19-14-5-3-2-4-13(14)17-9-21-11-22(17)19/h2-9,11,16,19H,10H2,1H3. The van der Waals surface area contributed by atoms with Crippen molar-refractivity contribution in [3.05, 3.63) is 66.1 Å². The number of hydrogen-bond donors (Lipinski definition) is 0. The number of rotatable bonds is 2. The van der Waals surface area contributed by atoms with Gasteiger partial charge in [-0.25, -0.2) is 4.98 Å². The van der Waals surface area contributed by atoms with Gasteiger partial charge in [-0.15, -0.1) is 11.8 Å². The van der Waals surface area contributed by atoms with E-state index in [2.05, 4.69) is 21.7 Å². The molecule has 0 radical (unpaired) electrons. The molecule has 2 aromatic carbocycles. The van der Waals surface area contributed by atoms with Gasteiger partial charge in [-0.2, -0.15) is 0 Å². The molecule has 4 nitrogen and oxygen atoms in total. The van der Waals surface area contributed by atoms with Crippen molar-refractivity contribution in [2.24, 2.45) is 5.92 Å². The number of hydrogen-bond acceptors (Lipinski definition) is 4. The summed E-state index contributed by atoms with van der Waals surface area (Å²) in [5.41, 5.74) is 4.07. The van der Waals surface area contributed by atoms with Gasteiger partial charge in [-0.1, -0.05) is 24.3 Å². The van der Waals surface area contributed by atoms with Gasteiger partial charge >= 0.3 is 0 Å². The molecular formula is C20H16N2O2S. The second-order valence-electron chi connectivity index (χ2n) is 6.36. The maximum absolute atomic E-state index is 13.2. The summed E-state index contributed by atoms with van der Waals surface area (Å²) in [6.07, 6.45) is 5.70. The molecule has 5 rings (SSSR count). The number of aromatic nitrogens is 2. The van der Waals surface area contributed by atoms with Crippen molar-refractivity contribution in [2.45, 2.75) is 10.9 Å². The number of fused-ring (bicyclic) bond motifs is 4. The summed E-state index contributed by atoms with van der Waals surface area (Å²) in [5.74, 6) is 0.602. The average molecular weight is 348 g/mol. The molecule has 3 aromatic rings. The van der Waals surface area contributed by atoms with E-state index in [1.54, 1.807) is 11.8 Å². The van der Waals surface area contributed by atoms with Crippen molar-refractivity contribution < 1.29 is 9.53 Å². The molecule has 0 bridgehead atoms. The molecule has 0 N–H and O–H groups in total. The van der Waals surface area contributed by atoms with Crippen LogP contribution in [0.5, 0.6) is 5.75 Å². The van der Waals surface area contributed by atoms with Gasteiger partial charge in [0.2, 0.25) is 0 Å². The Labute approximate surface area is 149 Å². The lowest BCUT2D eigenvalue weighted by atomic mass is 9.85. The zero-order valence-electron chi connectivity index (χ0n) is 13.7. The van der Waals surface area contributed by atoms with Crippen LogP contribution in [0.15, 0.2) is 59.9 Å². The molecule has 2 aliphatic heterocycles. The molecule has 2 unspecified atom stereocenters. The Hall–Kier alpha value is -2.53. The highest BCUT2D eigenvalue weighted by Gasteiger charge is 2.41. The molecule has 2 atom stereocenters. The number of thioether (sulfide) groups is 1. The van der Waals surface area contributed by atoms with Gasteiger partial charge in [0, 0.05) is 10.5 Å². The second kappa shape index (κ2) is 5.49. The zero-order valence-corrected chi connectivity index (χ0v) is 14.5. The molecule has 3 heterocycles. The largest absolute Gasteiger partial charge is 0.492 e. The number of ketones is 1. The third kappa shape index (κ3) is 2.09. The van der Waals surface area contributed by atoms with E-state index in [-0.39, 0.29) is 17.7 Å². The van der Waals surface area contributed by atoms with E-state index < -0.39 is 0 Å². The summed E-state index contributed by atoms with van der Waals surface area (Å²) < 4.78 is 8.11. The first-order chi connectivity index (χ1) is 12.3. The molecule has 0 aliphatic carbocycles. The van der Waals surface area contributed by atoms with Crippen LogP contribution in [0.2, 0.25) is 0 Å². The van der Waals surface area contributed by atoms with Gasteiger partial charge in [-0.05, 0) is 30.0 Å². The van der Waals surface area contributed by atoms with Gasteiger partial charge in [0.15, 0.2) is 5.78 Å². The number of imidazole rings is 1. The highest BCUT2D eigenvalue weighted by molar-refractivity contribution is 7.98. The molecule has 25 heavy (non-hydrogen) atoms. The highest BCUT2D eigenvalue weighted by atomic mass is 32.2. The van der Waals surface area contributed by atoms with E-state index in [1.165, 1.54) is 5.56 Å². The molecule has 0 saturated carbocycles. The first-order valence-corrected chi connectivity index (χ1v) is 9.46. The van der Waals surface area contributed by atoms with Gasteiger partial charge in [-0.3, -0.25) is 4.79 Å². The molecule has 5 heteroatoms. The minimum atomic E-state index is -0.246. The van der Waals surface area contributed by atoms with Crippen LogP contribution in [-0.4, -0.2) is 28.2 Å². The fourth-order valence-corrected chi connectivity index (χ4v) is 4.35. The van der Waals surface area contributed by atoms with Crippen LogP contribution in [0, 0.1) is 5.92 Å². The number of nitrogens with zero attached hydrogens (tertiary/aromatic N) is 2. The normalized spacial score (nSPS) is 20.6. The molecule has 0 amide bonds. The van der Waals surface area contributed by atoms with Crippen molar-refractivity contribution in [1.82, 2.24) is 9.55 Å². The first-order valence-electron chi connectivity index (χ1n) is 8.24. The summed E-state index contributed by atoms with van der Waals surface area (Å²) in [6, 6.07) is 14.0. The topological polar surface area (TPSA) is 44.1 Å². The Balaban J connectivity index is 1.60. The Morgan fingerprint density at radius 1 is 1.20 bits per heavy atom. The third-order valence-electron chi connectivity index (χ3n) is 5.11. The minimum absolute atomic E-state index is 0.0606. The molecule has 0 fully saturated rings. The van der Waals surface area contributed by atoms with Crippen molar-refractivity contribution in [3.8, 4) is 17.0 Å². The van der Waals surface area contributed by atoms with E-state index >= 15 is 0 Å². The summed E-state index contributed by atoms with van der Waals surface area (Å²) in [5, 5.41) is 0. The maximum Gasteiger partial charge on any atom is 0.175 e. The van der Waals surface area contributed by atoms with E-state index in [0.29, 0.717) is 17.9 Å². The summed E-state index contributed by atoms with van der Waals surface area (Å²) in [6.45, 7) is 0.389. The van der Waals surface area contributed by atoms with E-state index in [4.69, 9.17) is 4.74 Å². The van der Waals surface area contributed by atoms with Crippen molar-refractivity contribution in [3.63, 3.8) is 0 Å². The lowest BCUT2D eigenvalue weighted by molar-refractivity contribution is 0.0785. The van der Waals surface area contributed by atoms with Gasteiger partial charge in [0.1, 0.15) is 12.4 Å². The average Bonchev–Trinajstić information content (AvgIpc) is 3.23. The molecular weight excluding hydrogens is 332 g/mol. The van der Waals surface area contributed by atoms with Crippen LogP contribution in [-0.2, 0) is 0 Å². The summed E-state index contributed by atoms with van der Waals surface area (Å²) >= 11 is 1.65. The predicted octanol–water partition coefficient (Wildman–Crippen LogP) is 4.07. The monoisotopic (exact) mass is 348 g/mol. The van der Waals surface area contributed by atoms with Crippen molar-refractivity contribution >= 4 is 17.5 Å². The Morgan fingerprint density at radius 3 is 2.96 bits per heavy atom. The second-order valence-corrected chi connectivity index (χ2v) is 7.24. The molecule has 0 saturated heterocycles. The maximum atomic E-state index is 13.2. The van der Waals surface area contributed by atoms with Crippen LogP contribution in [0.25, 0.3) is 11.3 Å². The smallest absolute Gasteiger partial charge is 0.175 e. The van der Waals surface area contributed by atoms with E-state index in [1.807, 2.05) is 49.1 Å². The molecule has 1 aromatic heterocycles. The third-order valence-corrected chi connectivity index (χ3v) is 5.84. The van der Waals surface area contributed by atoms with Gasteiger partial charge < -0.3 is 9.30 Å². The van der Waals surface area contributed by atoms with Gasteiger partial charge in [0.05, 0.1) is 35.7 Å². The first kappa shape index (κ1) is 14.8. The molecule has 2 aliphatic rings. The summed E-state index contributed by atoms with van der Waals surface area (Å²) in [7, 11) is 0. The van der Waals surface area contributed by atoms with E-state index in [0.717, 1.165) is 16.2 Å². The SMILES string of the molecule is CSc1ccc2c(c1)OCC(C1c3ccccc3-c3cncn31)C2=O. The number of Topliss-reactive ketones (excluding diaryl/α,β-unsaturated/α-hetero) is 1. The fraction of sp³-hybridized carbons (Fsp3) is 0.200. The highest BCUT2D eigenvalue weighted by Crippen LogP contribution is 2.45. The lowest BCUT2D eigenvalue weighted by Crippen LogP contribution is -2.34. The number of carbonyl (C=O) groups excluding carboxylic acids is 1. The Kier molecular flexibility index (Phi) is 3.25. The van der Waals surface area contributed by atoms with Crippen LogP contribution in [0.3, 0.4) is 0 Å². The molecule has 0 spiro atoms. The Bertz CT molecular complexity index is 995. The van der Waals surface area contributed by atoms with Crippen molar-refractivity contribution in [1.29, 1.82) is 0 Å². The molecule has 124 valence electrons. The zero-order chi connectivity index (χ0) is 17.0. The van der Waals surface area contributed by atoms with E-state index in [9.17, 15) is 4.79 Å². The number of benzene rings is 2. The van der Waals surface area contributed by atoms with Gasteiger partial charge in [0.25, 0.3) is 0 Å². The minimum Gasteiger partial charge on any atom is -0.492 e. The van der Waals surface area contributed by atoms with Crippen LogP contribution >= 0.6 is 11.8 Å². The Morgan fingerprint density at radius 2 is 2.08 bits per heavy atom. The predicted molar refractivity (Wildman–Crippen MR) is 97.3 cm³/mol. The van der Waals surface area contributed by atoms with Crippen LogP contribution in [0.4, 0.5) is 0 Å².